The number of hydrogen-bond acceptors (Lipinski definition) is 3. The molecule has 1 aliphatic carbocycles. The molecule has 0 bridgehead atoms. The summed E-state index contributed by atoms with van der Waals surface area (Å²) in [6.45, 7) is 4.42. The maximum Gasteiger partial charge on any atom is 0.168 e. The second kappa shape index (κ2) is 5.95. The highest BCUT2D eigenvalue weighted by atomic mass is 16.5. The van der Waals surface area contributed by atoms with Crippen LogP contribution in [0, 0.1) is 11.8 Å². The van der Waals surface area contributed by atoms with E-state index in [1.165, 1.54) is 7.11 Å². The van der Waals surface area contributed by atoms with Crippen molar-refractivity contribution < 1.29 is 14.6 Å². The molecule has 0 fully saturated rings. The number of carbonyl (C=O) groups excluding carboxylic acids is 1. The Balaban J connectivity index is 2.35. The molecule has 1 aromatic rings. The zero-order valence-electron chi connectivity index (χ0n) is 12.1. The summed E-state index contributed by atoms with van der Waals surface area (Å²) in [5.74, 6) is 1.39. The lowest BCUT2D eigenvalue weighted by Gasteiger charge is -2.20. The first kappa shape index (κ1) is 14.4. The number of ether oxygens (including phenoxy) is 1. The average molecular weight is 272 g/mol. The van der Waals surface area contributed by atoms with Crippen LogP contribution in [0.2, 0.25) is 0 Å². The number of methoxy groups -OCH3 is 1. The van der Waals surface area contributed by atoms with E-state index in [1.54, 1.807) is 12.1 Å². The molecule has 0 spiro atoms. The molecule has 0 aliphatic heterocycles. The number of benzene rings is 1. The van der Waals surface area contributed by atoms with Crippen LogP contribution in [0.15, 0.2) is 30.4 Å². The Morgan fingerprint density at radius 2 is 2.15 bits per heavy atom. The monoisotopic (exact) mass is 272 g/mol. The standard InChI is InChI=1S/C17H20O3/c1-11(2)12-4-6-13(7-5-12)14-8-15(10-18)17(19)16(9-14)20-3/h4,6-12,19H,5H2,1-3H3. The number of allylic oxidation sites excluding steroid dienone is 4. The van der Waals surface area contributed by atoms with Gasteiger partial charge in [-0.3, -0.25) is 4.79 Å². The summed E-state index contributed by atoms with van der Waals surface area (Å²) in [6.07, 6.45) is 8.09. The Labute approximate surface area is 119 Å². The fourth-order valence-corrected chi connectivity index (χ4v) is 2.39. The molecule has 2 rings (SSSR count). The molecule has 0 radical (unpaired) electrons. The van der Waals surface area contributed by atoms with Crippen molar-refractivity contribution >= 4 is 11.9 Å². The smallest absolute Gasteiger partial charge is 0.168 e. The second-order valence-electron chi connectivity index (χ2n) is 5.40. The van der Waals surface area contributed by atoms with Crippen molar-refractivity contribution in [3.8, 4) is 11.5 Å². The van der Waals surface area contributed by atoms with Crippen LogP contribution < -0.4 is 4.74 Å². The number of rotatable bonds is 4. The summed E-state index contributed by atoms with van der Waals surface area (Å²) in [5.41, 5.74) is 2.20. The molecule has 0 saturated carbocycles. The van der Waals surface area contributed by atoms with Gasteiger partial charge in [0.2, 0.25) is 0 Å². The van der Waals surface area contributed by atoms with E-state index in [9.17, 15) is 9.90 Å². The summed E-state index contributed by atoms with van der Waals surface area (Å²) in [5, 5.41) is 9.83. The van der Waals surface area contributed by atoms with Crippen LogP contribution >= 0.6 is 0 Å². The van der Waals surface area contributed by atoms with Crippen molar-refractivity contribution in [2.24, 2.45) is 11.8 Å². The van der Waals surface area contributed by atoms with Crippen molar-refractivity contribution in [2.45, 2.75) is 20.3 Å². The largest absolute Gasteiger partial charge is 0.504 e. The predicted molar refractivity (Wildman–Crippen MR) is 80.1 cm³/mol. The number of hydrogen-bond donors (Lipinski definition) is 1. The van der Waals surface area contributed by atoms with Gasteiger partial charge in [0.25, 0.3) is 0 Å². The Bertz CT molecular complexity index is 568. The number of aldehydes is 1. The van der Waals surface area contributed by atoms with Gasteiger partial charge in [-0.15, -0.1) is 0 Å². The number of phenols is 1. The Hall–Kier alpha value is -2.03. The topological polar surface area (TPSA) is 46.5 Å². The van der Waals surface area contributed by atoms with E-state index in [0.717, 1.165) is 17.6 Å². The summed E-state index contributed by atoms with van der Waals surface area (Å²) >= 11 is 0. The van der Waals surface area contributed by atoms with Crippen LogP contribution in [-0.4, -0.2) is 18.5 Å². The van der Waals surface area contributed by atoms with Crippen molar-refractivity contribution in [3.63, 3.8) is 0 Å². The summed E-state index contributed by atoms with van der Waals surface area (Å²) in [6, 6.07) is 3.45. The molecule has 106 valence electrons. The van der Waals surface area contributed by atoms with Crippen LogP contribution in [0.5, 0.6) is 11.5 Å². The van der Waals surface area contributed by atoms with Gasteiger partial charge in [-0.2, -0.15) is 0 Å². The van der Waals surface area contributed by atoms with Crippen molar-refractivity contribution in [1.29, 1.82) is 0 Å². The summed E-state index contributed by atoms with van der Waals surface area (Å²) < 4.78 is 5.12. The zero-order chi connectivity index (χ0) is 14.7. The predicted octanol–water partition coefficient (Wildman–Crippen LogP) is 3.83. The van der Waals surface area contributed by atoms with E-state index in [2.05, 4.69) is 32.1 Å². The first-order chi connectivity index (χ1) is 9.56. The van der Waals surface area contributed by atoms with Crippen LogP contribution in [0.3, 0.4) is 0 Å². The maximum absolute atomic E-state index is 11.0. The highest BCUT2D eigenvalue weighted by molar-refractivity contribution is 5.86. The van der Waals surface area contributed by atoms with Gasteiger partial charge < -0.3 is 9.84 Å². The SMILES string of the molecule is COc1cc(C2=CCC(C(C)C)C=C2)cc(C=O)c1O. The molecule has 0 saturated heterocycles. The van der Waals surface area contributed by atoms with Gasteiger partial charge in [-0.05, 0) is 41.5 Å². The lowest BCUT2D eigenvalue weighted by Crippen LogP contribution is -2.07. The van der Waals surface area contributed by atoms with Crippen LogP contribution in [-0.2, 0) is 0 Å². The molecular weight excluding hydrogens is 252 g/mol. The molecular formula is C17H20O3. The minimum absolute atomic E-state index is 0.105. The van der Waals surface area contributed by atoms with Crippen LogP contribution in [0.4, 0.5) is 0 Å². The van der Waals surface area contributed by atoms with Gasteiger partial charge in [0.15, 0.2) is 17.8 Å². The molecule has 1 aliphatic rings. The van der Waals surface area contributed by atoms with Crippen LogP contribution in [0.1, 0.15) is 36.2 Å². The van der Waals surface area contributed by atoms with E-state index >= 15 is 0 Å². The third-order valence-corrected chi connectivity index (χ3v) is 3.77. The molecule has 3 nitrogen and oxygen atoms in total. The minimum Gasteiger partial charge on any atom is -0.504 e. The molecule has 0 heterocycles. The van der Waals surface area contributed by atoms with Gasteiger partial charge in [-0.25, -0.2) is 0 Å². The Morgan fingerprint density at radius 3 is 2.65 bits per heavy atom. The van der Waals surface area contributed by atoms with Gasteiger partial charge in [-0.1, -0.05) is 32.1 Å². The third kappa shape index (κ3) is 2.77. The maximum atomic E-state index is 11.0. The lowest BCUT2D eigenvalue weighted by molar-refractivity contribution is 0.112. The fraction of sp³-hybridized carbons (Fsp3) is 0.353. The van der Waals surface area contributed by atoms with E-state index in [4.69, 9.17) is 4.74 Å². The highest BCUT2D eigenvalue weighted by Gasteiger charge is 2.16. The molecule has 1 aromatic carbocycles. The lowest BCUT2D eigenvalue weighted by atomic mass is 9.86. The third-order valence-electron chi connectivity index (χ3n) is 3.77. The van der Waals surface area contributed by atoms with E-state index in [-0.39, 0.29) is 11.3 Å². The summed E-state index contributed by atoms with van der Waals surface area (Å²) in [7, 11) is 1.48. The molecule has 1 atom stereocenters. The van der Waals surface area contributed by atoms with Gasteiger partial charge in [0, 0.05) is 0 Å². The quantitative estimate of drug-likeness (QED) is 0.847. The fourth-order valence-electron chi connectivity index (χ4n) is 2.39. The first-order valence-corrected chi connectivity index (χ1v) is 6.81. The van der Waals surface area contributed by atoms with Gasteiger partial charge in [0.05, 0.1) is 12.7 Å². The Morgan fingerprint density at radius 1 is 1.40 bits per heavy atom. The first-order valence-electron chi connectivity index (χ1n) is 6.81. The van der Waals surface area contributed by atoms with E-state index in [0.29, 0.717) is 23.9 Å². The molecule has 1 unspecified atom stereocenters. The zero-order valence-corrected chi connectivity index (χ0v) is 12.1. The summed E-state index contributed by atoms with van der Waals surface area (Å²) in [4.78, 5) is 11.0. The molecule has 1 N–H and O–H groups in total. The van der Waals surface area contributed by atoms with Crippen LogP contribution in [0.25, 0.3) is 5.57 Å². The molecule has 3 heteroatoms. The number of phenolic OH excluding ortho intramolecular Hbond substituents is 1. The molecule has 0 aromatic heterocycles. The molecule has 0 amide bonds. The Kier molecular flexibility index (Phi) is 4.28. The normalized spacial score (nSPS) is 18.0. The van der Waals surface area contributed by atoms with Crippen molar-refractivity contribution in [3.05, 3.63) is 41.5 Å². The van der Waals surface area contributed by atoms with Gasteiger partial charge >= 0.3 is 0 Å². The number of aromatic hydroxyl groups is 1. The van der Waals surface area contributed by atoms with E-state index < -0.39 is 0 Å². The van der Waals surface area contributed by atoms with Crippen molar-refractivity contribution in [2.75, 3.05) is 7.11 Å². The average Bonchev–Trinajstić information content (AvgIpc) is 2.47. The minimum atomic E-state index is -0.105. The van der Waals surface area contributed by atoms with Crippen molar-refractivity contribution in [1.82, 2.24) is 0 Å². The number of carbonyl (C=O) groups is 1. The van der Waals surface area contributed by atoms with Gasteiger partial charge in [0.1, 0.15) is 0 Å². The molecule has 20 heavy (non-hydrogen) atoms. The second-order valence-corrected chi connectivity index (χ2v) is 5.40. The van der Waals surface area contributed by atoms with E-state index in [1.807, 2.05) is 0 Å². The highest BCUT2D eigenvalue weighted by Crippen LogP contribution is 2.35.